The van der Waals surface area contributed by atoms with Crippen molar-refractivity contribution >= 4 is 50.4 Å². The van der Waals surface area contributed by atoms with Crippen molar-refractivity contribution in [3.05, 3.63) is 57.5 Å². The quantitative estimate of drug-likeness (QED) is 0.704. The van der Waals surface area contributed by atoms with Crippen LogP contribution < -0.4 is 10.6 Å². The summed E-state index contributed by atoms with van der Waals surface area (Å²) in [5.74, 6) is 0. The van der Waals surface area contributed by atoms with Crippen molar-refractivity contribution < 1.29 is 0 Å². The van der Waals surface area contributed by atoms with Gasteiger partial charge in [-0.15, -0.1) is 0 Å². The maximum Gasteiger partial charge on any atom is 0.0255 e. The van der Waals surface area contributed by atoms with Gasteiger partial charge in [0.25, 0.3) is 0 Å². The average molecular weight is 358 g/mol. The fraction of sp³-hybridized carbons (Fsp3) is 0.0769. The fourth-order valence-corrected chi connectivity index (χ4v) is 5.41. The SMILES string of the molecule is CP(c1ccccc1Br)c1ccccc1Br. The van der Waals surface area contributed by atoms with Gasteiger partial charge in [-0.2, -0.15) is 0 Å². The molecule has 82 valence electrons. The highest BCUT2D eigenvalue weighted by Crippen LogP contribution is 2.34. The lowest BCUT2D eigenvalue weighted by atomic mass is 10.4. The normalized spacial score (nSPS) is 10.8. The average Bonchev–Trinajstić information content (AvgIpc) is 2.29. The number of benzene rings is 2. The van der Waals surface area contributed by atoms with Gasteiger partial charge in [-0.05, 0) is 37.3 Å². The van der Waals surface area contributed by atoms with E-state index in [0.717, 1.165) is 0 Å². The van der Waals surface area contributed by atoms with E-state index in [0.29, 0.717) is 0 Å². The Morgan fingerprint density at radius 1 is 0.750 bits per heavy atom. The van der Waals surface area contributed by atoms with Gasteiger partial charge in [0.05, 0.1) is 0 Å². The third-order valence-electron chi connectivity index (χ3n) is 2.43. The molecule has 0 saturated carbocycles. The largest absolute Gasteiger partial charge is 0.0615 e. The van der Waals surface area contributed by atoms with E-state index >= 15 is 0 Å². The van der Waals surface area contributed by atoms with Gasteiger partial charge in [0, 0.05) is 8.95 Å². The molecule has 0 aliphatic rings. The molecule has 0 radical (unpaired) electrons. The standard InChI is InChI=1S/C13H11Br2P/c1-16(12-8-4-2-6-10(12)14)13-9-5-3-7-11(13)15/h2-9H,1H3. The van der Waals surface area contributed by atoms with Crippen molar-refractivity contribution in [2.24, 2.45) is 0 Å². The molecule has 0 bridgehead atoms. The molecule has 0 unspecified atom stereocenters. The minimum atomic E-state index is -0.306. The highest BCUT2D eigenvalue weighted by Gasteiger charge is 2.12. The van der Waals surface area contributed by atoms with E-state index in [-0.39, 0.29) is 7.92 Å². The zero-order valence-electron chi connectivity index (χ0n) is 8.82. The van der Waals surface area contributed by atoms with Crippen molar-refractivity contribution in [2.45, 2.75) is 0 Å². The summed E-state index contributed by atoms with van der Waals surface area (Å²) in [6.45, 7) is 2.29. The highest BCUT2D eigenvalue weighted by molar-refractivity contribution is 9.11. The highest BCUT2D eigenvalue weighted by atomic mass is 79.9. The predicted molar refractivity (Wildman–Crippen MR) is 80.4 cm³/mol. The van der Waals surface area contributed by atoms with Crippen LogP contribution in [0.4, 0.5) is 0 Å². The molecule has 0 saturated heterocycles. The maximum atomic E-state index is 3.62. The zero-order valence-corrected chi connectivity index (χ0v) is 12.9. The van der Waals surface area contributed by atoms with E-state index in [1.54, 1.807) is 0 Å². The van der Waals surface area contributed by atoms with Crippen LogP contribution >= 0.6 is 39.8 Å². The number of halogens is 2. The molecular weight excluding hydrogens is 347 g/mol. The summed E-state index contributed by atoms with van der Waals surface area (Å²) in [4.78, 5) is 0. The van der Waals surface area contributed by atoms with Gasteiger partial charge in [0.2, 0.25) is 0 Å². The molecule has 16 heavy (non-hydrogen) atoms. The van der Waals surface area contributed by atoms with Crippen LogP contribution in [-0.2, 0) is 0 Å². The molecule has 0 amide bonds. The van der Waals surface area contributed by atoms with Crippen LogP contribution in [0.15, 0.2) is 57.5 Å². The molecule has 2 rings (SSSR count). The van der Waals surface area contributed by atoms with Gasteiger partial charge in [-0.3, -0.25) is 0 Å². The molecule has 0 aliphatic heterocycles. The van der Waals surface area contributed by atoms with E-state index in [4.69, 9.17) is 0 Å². The minimum Gasteiger partial charge on any atom is -0.0615 e. The smallest absolute Gasteiger partial charge is 0.0255 e. The van der Waals surface area contributed by atoms with E-state index < -0.39 is 0 Å². The second-order valence-corrected chi connectivity index (χ2v) is 7.25. The van der Waals surface area contributed by atoms with Crippen LogP contribution in [0, 0.1) is 0 Å². The zero-order chi connectivity index (χ0) is 11.5. The predicted octanol–water partition coefficient (Wildman–Crippen LogP) is 4.27. The van der Waals surface area contributed by atoms with Crippen LogP contribution in [-0.4, -0.2) is 6.66 Å². The van der Waals surface area contributed by atoms with E-state index in [1.807, 2.05) is 0 Å². The van der Waals surface area contributed by atoms with Crippen LogP contribution in [0.1, 0.15) is 0 Å². The maximum absolute atomic E-state index is 3.62. The van der Waals surface area contributed by atoms with Gasteiger partial charge < -0.3 is 0 Å². The first kappa shape index (κ1) is 12.3. The second kappa shape index (κ2) is 5.44. The monoisotopic (exact) mass is 356 g/mol. The van der Waals surface area contributed by atoms with Crippen LogP contribution in [0.3, 0.4) is 0 Å². The molecule has 2 aromatic rings. The molecule has 0 atom stereocenters. The molecular formula is C13H11Br2P. The van der Waals surface area contributed by atoms with Gasteiger partial charge >= 0.3 is 0 Å². The number of rotatable bonds is 2. The summed E-state index contributed by atoms with van der Waals surface area (Å²) in [5, 5.41) is 2.76. The van der Waals surface area contributed by atoms with Gasteiger partial charge in [0.1, 0.15) is 0 Å². The molecule has 0 heterocycles. The summed E-state index contributed by atoms with van der Waals surface area (Å²) in [6, 6.07) is 16.9. The Morgan fingerprint density at radius 2 is 1.12 bits per heavy atom. The number of hydrogen-bond donors (Lipinski definition) is 0. The summed E-state index contributed by atoms with van der Waals surface area (Å²) >= 11 is 7.24. The first-order valence-corrected chi connectivity index (χ1v) is 8.30. The Morgan fingerprint density at radius 3 is 1.50 bits per heavy atom. The number of hydrogen-bond acceptors (Lipinski definition) is 0. The second-order valence-electron chi connectivity index (χ2n) is 3.46. The topological polar surface area (TPSA) is 0 Å². The van der Waals surface area contributed by atoms with E-state index in [9.17, 15) is 0 Å². The van der Waals surface area contributed by atoms with Crippen LogP contribution in [0.5, 0.6) is 0 Å². The summed E-state index contributed by atoms with van der Waals surface area (Å²) in [6.07, 6.45) is 0. The lowest BCUT2D eigenvalue weighted by Gasteiger charge is -2.16. The fourth-order valence-electron chi connectivity index (χ4n) is 1.58. The van der Waals surface area contributed by atoms with Gasteiger partial charge in [-0.1, -0.05) is 68.3 Å². The Bertz CT molecular complexity index is 451. The first-order valence-electron chi connectivity index (χ1n) is 4.93. The van der Waals surface area contributed by atoms with Crippen molar-refractivity contribution in [1.29, 1.82) is 0 Å². The Hall–Kier alpha value is -0.170. The van der Waals surface area contributed by atoms with Gasteiger partial charge in [-0.25, -0.2) is 0 Å². The third-order valence-corrected chi connectivity index (χ3v) is 6.65. The summed E-state index contributed by atoms with van der Waals surface area (Å²) in [7, 11) is -0.306. The minimum absolute atomic E-state index is 0.306. The van der Waals surface area contributed by atoms with Crippen LogP contribution in [0.25, 0.3) is 0 Å². The summed E-state index contributed by atoms with van der Waals surface area (Å²) in [5.41, 5.74) is 0. The van der Waals surface area contributed by atoms with E-state index in [1.165, 1.54) is 19.6 Å². The molecule has 2 aromatic carbocycles. The molecule has 0 spiro atoms. The molecule has 0 fully saturated rings. The van der Waals surface area contributed by atoms with Crippen molar-refractivity contribution in [3.8, 4) is 0 Å². The summed E-state index contributed by atoms with van der Waals surface area (Å²) < 4.78 is 2.39. The Labute approximate surface area is 114 Å². The lowest BCUT2D eigenvalue weighted by molar-refractivity contribution is 1.69. The van der Waals surface area contributed by atoms with Crippen molar-refractivity contribution in [1.82, 2.24) is 0 Å². The molecule has 0 N–H and O–H groups in total. The van der Waals surface area contributed by atoms with Crippen LogP contribution in [0.2, 0.25) is 0 Å². The third kappa shape index (κ3) is 2.56. The lowest BCUT2D eigenvalue weighted by Crippen LogP contribution is -2.12. The first-order chi connectivity index (χ1) is 7.70. The van der Waals surface area contributed by atoms with Gasteiger partial charge in [0.15, 0.2) is 0 Å². The molecule has 0 aromatic heterocycles. The Balaban J connectivity index is 2.44. The van der Waals surface area contributed by atoms with E-state index in [2.05, 4.69) is 87.1 Å². The molecule has 3 heteroatoms. The van der Waals surface area contributed by atoms with Crippen molar-refractivity contribution in [2.75, 3.05) is 6.66 Å². The molecule has 0 aliphatic carbocycles. The molecule has 0 nitrogen and oxygen atoms in total. The Kier molecular flexibility index (Phi) is 4.18. The van der Waals surface area contributed by atoms with Crippen molar-refractivity contribution in [3.63, 3.8) is 0 Å².